The van der Waals surface area contributed by atoms with Gasteiger partial charge in [0.05, 0.1) is 4.90 Å². The van der Waals surface area contributed by atoms with Gasteiger partial charge in [-0.25, -0.2) is 8.42 Å². The number of carbonyl (C=O) groups excluding carboxylic acids is 2. The van der Waals surface area contributed by atoms with E-state index in [4.69, 9.17) is 0 Å². The average Bonchev–Trinajstić information content (AvgIpc) is 3.15. The fourth-order valence-corrected chi connectivity index (χ4v) is 6.34. The molecule has 182 valence electrons. The number of hydrogen-bond donors (Lipinski definition) is 2. The van der Waals surface area contributed by atoms with Gasteiger partial charge in [-0.2, -0.15) is 4.72 Å². The normalized spacial score (nSPS) is 19.5. The molecule has 2 amide bonds. The summed E-state index contributed by atoms with van der Waals surface area (Å²) in [7, 11) is -3.96. The SMILES string of the molecule is CC(=O)N1c2ccc(S(=O)(=O)N[C@H](Cc3ccccc3)C(=O)NC3CCCCC3)cc2C[C@H]1C. The smallest absolute Gasteiger partial charge is 0.241 e. The minimum atomic E-state index is -3.96. The molecule has 2 aromatic carbocycles. The molecule has 4 rings (SSSR count). The lowest BCUT2D eigenvalue weighted by molar-refractivity contribution is -0.123. The topological polar surface area (TPSA) is 95.6 Å². The zero-order valence-corrected chi connectivity index (χ0v) is 20.6. The van der Waals surface area contributed by atoms with E-state index in [9.17, 15) is 18.0 Å². The summed E-state index contributed by atoms with van der Waals surface area (Å²) in [5.41, 5.74) is 2.44. The number of hydrogen-bond acceptors (Lipinski definition) is 4. The largest absolute Gasteiger partial charge is 0.352 e. The molecule has 0 unspecified atom stereocenters. The van der Waals surface area contributed by atoms with Crippen molar-refractivity contribution in [3.05, 3.63) is 59.7 Å². The van der Waals surface area contributed by atoms with Crippen molar-refractivity contribution in [2.75, 3.05) is 4.90 Å². The molecule has 1 saturated carbocycles. The van der Waals surface area contributed by atoms with E-state index in [0.717, 1.165) is 42.5 Å². The molecule has 0 aromatic heterocycles. The van der Waals surface area contributed by atoms with E-state index >= 15 is 0 Å². The molecule has 2 atom stereocenters. The van der Waals surface area contributed by atoms with Gasteiger partial charge in [0.25, 0.3) is 0 Å². The van der Waals surface area contributed by atoms with Crippen LogP contribution in [0.5, 0.6) is 0 Å². The zero-order chi connectivity index (χ0) is 24.3. The van der Waals surface area contributed by atoms with Gasteiger partial charge in [0.2, 0.25) is 21.8 Å². The highest BCUT2D eigenvalue weighted by atomic mass is 32.2. The molecule has 8 heteroatoms. The van der Waals surface area contributed by atoms with E-state index in [0.29, 0.717) is 6.42 Å². The fraction of sp³-hybridized carbons (Fsp3) is 0.462. The monoisotopic (exact) mass is 483 g/mol. The molecule has 2 aromatic rings. The molecular formula is C26H33N3O4S. The third-order valence-corrected chi connectivity index (χ3v) is 8.23. The number of sulfonamides is 1. The molecular weight excluding hydrogens is 450 g/mol. The van der Waals surface area contributed by atoms with Gasteiger partial charge in [0.15, 0.2) is 0 Å². The van der Waals surface area contributed by atoms with E-state index in [1.165, 1.54) is 19.4 Å². The predicted molar refractivity (Wildman–Crippen MR) is 132 cm³/mol. The Hall–Kier alpha value is -2.71. The van der Waals surface area contributed by atoms with Crippen LogP contribution >= 0.6 is 0 Å². The Balaban J connectivity index is 1.56. The molecule has 0 radical (unpaired) electrons. The van der Waals surface area contributed by atoms with E-state index in [-0.39, 0.29) is 35.2 Å². The van der Waals surface area contributed by atoms with Crippen LogP contribution in [0.4, 0.5) is 5.69 Å². The quantitative estimate of drug-likeness (QED) is 0.632. The summed E-state index contributed by atoms with van der Waals surface area (Å²) in [5, 5.41) is 3.07. The van der Waals surface area contributed by atoms with Gasteiger partial charge >= 0.3 is 0 Å². The van der Waals surface area contributed by atoms with Gasteiger partial charge in [-0.1, -0.05) is 49.6 Å². The van der Waals surface area contributed by atoms with Crippen molar-refractivity contribution in [1.82, 2.24) is 10.0 Å². The van der Waals surface area contributed by atoms with Gasteiger partial charge in [-0.15, -0.1) is 0 Å². The van der Waals surface area contributed by atoms with Crippen molar-refractivity contribution in [1.29, 1.82) is 0 Å². The first kappa shape index (κ1) is 24.4. The number of benzene rings is 2. The van der Waals surface area contributed by atoms with E-state index in [1.54, 1.807) is 17.0 Å². The molecule has 34 heavy (non-hydrogen) atoms. The zero-order valence-electron chi connectivity index (χ0n) is 19.8. The second-order valence-electron chi connectivity index (χ2n) is 9.44. The minimum absolute atomic E-state index is 0.0227. The van der Waals surface area contributed by atoms with Crippen molar-refractivity contribution < 1.29 is 18.0 Å². The summed E-state index contributed by atoms with van der Waals surface area (Å²) < 4.78 is 29.4. The van der Waals surface area contributed by atoms with Gasteiger partial charge in [-0.3, -0.25) is 9.59 Å². The summed E-state index contributed by atoms with van der Waals surface area (Å²) in [6.07, 6.45) is 6.02. The van der Waals surface area contributed by atoms with Crippen LogP contribution in [-0.4, -0.2) is 38.4 Å². The van der Waals surface area contributed by atoms with Gasteiger partial charge in [-0.05, 0) is 61.9 Å². The fourth-order valence-electron chi connectivity index (χ4n) is 5.10. The standard InChI is InChI=1S/C26H33N3O4S/c1-18-15-21-17-23(13-14-25(21)29(18)19(2)30)34(32,33)28-24(16-20-9-5-3-6-10-20)26(31)27-22-11-7-4-8-12-22/h3,5-6,9-10,13-14,17-18,22,24,28H,4,7-8,11-12,15-16H2,1-2H3,(H,27,31)/t18-,24-/m1/s1. The predicted octanol–water partition coefficient (Wildman–Crippen LogP) is 3.32. The number of rotatable bonds is 7. The van der Waals surface area contributed by atoms with Crippen LogP contribution in [0.15, 0.2) is 53.4 Å². The van der Waals surface area contributed by atoms with Crippen molar-refractivity contribution in [2.24, 2.45) is 0 Å². The second kappa shape index (κ2) is 10.3. The highest BCUT2D eigenvalue weighted by molar-refractivity contribution is 7.89. The third-order valence-electron chi connectivity index (χ3n) is 6.76. The molecule has 1 aliphatic carbocycles. The Bertz CT molecular complexity index is 1140. The lowest BCUT2D eigenvalue weighted by atomic mass is 9.95. The minimum Gasteiger partial charge on any atom is -0.352 e. The number of nitrogens with zero attached hydrogens (tertiary/aromatic N) is 1. The number of anilines is 1. The summed E-state index contributed by atoms with van der Waals surface area (Å²) in [4.78, 5) is 27.0. The van der Waals surface area contributed by atoms with Crippen LogP contribution < -0.4 is 14.9 Å². The molecule has 0 saturated heterocycles. The maximum Gasteiger partial charge on any atom is 0.241 e. The number of amides is 2. The second-order valence-corrected chi connectivity index (χ2v) is 11.2. The highest BCUT2D eigenvalue weighted by Crippen LogP contribution is 2.34. The maximum absolute atomic E-state index is 13.4. The molecule has 7 nitrogen and oxygen atoms in total. The maximum atomic E-state index is 13.4. The van der Waals surface area contributed by atoms with Crippen LogP contribution in [0.2, 0.25) is 0 Å². The van der Waals surface area contributed by atoms with Crippen molar-refractivity contribution >= 4 is 27.5 Å². The summed E-state index contributed by atoms with van der Waals surface area (Å²) in [6, 6.07) is 13.4. The van der Waals surface area contributed by atoms with Crippen LogP contribution in [-0.2, 0) is 32.5 Å². The number of nitrogens with one attached hydrogen (secondary N) is 2. The van der Waals surface area contributed by atoms with Crippen LogP contribution in [0.1, 0.15) is 57.1 Å². The Morgan fingerprint density at radius 1 is 1.06 bits per heavy atom. The van der Waals surface area contributed by atoms with Crippen LogP contribution in [0.3, 0.4) is 0 Å². The Labute approximate surface area is 202 Å². The first-order valence-corrected chi connectivity index (χ1v) is 13.5. The molecule has 2 N–H and O–H groups in total. The lowest BCUT2D eigenvalue weighted by Gasteiger charge is -2.26. The van der Waals surface area contributed by atoms with E-state index in [2.05, 4.69) is 10.0 Å². The summed E-state index contributed by atoms with van der Waals surface area (Å²) >= 11 is 0. The average molecular weight is 484 g/mol. The van der Waals surface area contributed by atoms with Crippen LogP contribution in [0.25, 0.3) is 0 Å². The lowest BCUT2D eigenvalue weighted by Crippen LogP contribution is -2.50. The van der Waals surface area contributed by atoms with Gasteiger partial charge < -0.3 is 10.2 Å². The highest BCUT2D eigenvalue weighted by Gasteiger charge is 2.32. The third kappa shape index (κ3) is 5.50. The number of carbonyl (C=O) groups is 2. The Kier molecular flexibility index (Phi) is 7.38. The summed E-state index contributed by atoms with van der Waals surface area (Å²) in [5.74, 6) is -0.362. The molecule has 2 aliphatic rings. The van der Waals surface area contributed by atoms with Gasteiger partial charge in [0.1, 0.15) is 6.04 Å². The molecule has 1 heterocycles. The Morgan fingerprint density at radius 3 is 2.44 bits per heavy atom. The molecule has 0 spiro atoms. The van der Waals surface area contributed by atoms with Crippen molar-refractivity contribution in [2.45, 2.75) is 81.8 Å². The molecule has 1 aliphatic heterocycles. The van der Waals surface area contributed by atoms with Gasteiger partial charge in [0, 0.05) is 24.7 Å². The molecule has 0 bridgehead atoms. The number of fused-ring (bicyclic) bond motifs is 1. The van der Waals surface area contributed by atoms with Crippen LogP contribution in [0, 0.1) is 0 Å². The summed E-state index contributed by atoms with van der Waals surface area (Å²) in [6.45, 7) is 3.45. The van der Waals surface area contributed by atoms with Crippen molar-refractivity contribution in [3.63, 3.8) is 0 Å². The Morgan fingerprint density at radius 2 is 1.76 bits per heavy atom. The van der Waals surface area contributed by atoms with E-state index in [1.807, 2.05) is 37.3 Å². The van der Waals surface area contributed by atoms with Crippen molar-refractivity contribution in [3.8, 4) is 0 Å². The first-order valence-electron chi connectivity index (χ1n) is 12.0. The first-order chi connectivity index (χ1) is 16.2. The van der Waals surface area contributed by atoms with E-state index < -0.39 is 16.1 Å². The molecule has 1 fully saturated rings.